The fraction of sp³-hybridized carbons (Fsp3) is 0.571. The largest absolute Gasteiger partial charge is 0.295 e. The van der Waals surface area contributed by atoms with Crippen LogP contribution in [0.4, 0.5) is 4.39 Å². The number of nitrogens with zero attached hydrogens (tertiary/aromatic N) is 1. The third-order valence-electron chi connectivity index (χ3n) is 3.22. The highest BCUT2D eigenvalue weighted by molar-refractivity contribution is 6.30. The van der Waals surface area contributed by atoms with Crippen molar-refractivity contribution in [1.29, 1.82) is 0 Å². The van der Waals surface area contributed by atoms with E-state index in [0.717, 1.165) is 19.4 Å². The minimum atomic E-state index is -0.243. The van der Waals surface area contributed by atoms with Gasteiger partial charge in [0.15, 0.2) is 0 Å². The Morgan fingerprint density at radius 2 is 1.94 bits per heavy atom. The first-order valence-corrected chi connectivity index (χ1v) is 7.27. The Labute approximate surface area is 119 Å². The molecule has 1 aromatic rings. The van der Waals surface area contributed by atoms with Gasteiger partial charge in [0.2, 0.25) is 0 Å². The molecule has 102 valence electrons. The van der Waals surface area contributed by atoms with Crippen LogP contribution in [0.15, 0.2) is 18.2 Å². The van der Waals surface area contributed by atoms with Crippen molar-refractivity contribution in [2.75, 3.05) is 12.4 Å². The van der Waals surface area contributed by atoms with Gasteiger partial charge >= 0.3 is 0 Å². The van der Waals surface area contributed by atoms with Crippen LogP contribution in [0.2, 0.25) is 5.02 Å². The van der Waals surface area contributed by atoms with Gasteiger partial charge in [-0.3, -0.25) is 4.90 Å². The van der Waals surface area contributed by atoms with Crippen LogP contribution in [0.25, 0.3) is 0 Å². The summed E-state index contributed by atoms with van der Waals surface area (Å²) < 4.78 is 13.8. The number of halogens is 3. The maximum atomic E-state index is 13.8. The van der Waals surface area contributed by atoms with E-state index in [1.54, 1.807) is 12.1 Å². The lowest BCUT2D eigenvalue weighted by Crippen LogP contribution is -2.35. The van der Waals surface area contributed by atoms with Crippen LogP contribution in [-0.4, -0.2) is 23.4 Å². The van der Waals surface area contributed by atoms with E-state index in [2.05, 4.69) is 18.7 Å². The summed E-state index contributed by atoms with van der Waals surface area (Å²) in [5, 5.41) is 0.433. The van der Waals surface area contributed by atoms with Crippen LogP contribution in [-0.2, 0) is 6.54 Å². The van der Waals surface area contributed by atoms with Crippen molar-refractivity contribution in [3.63, 3.8) is 0 Å². The van der Waals surface area contributed by atoms with Gasteiger partial charge in [-0.25, -0.2) is 4.39 Å². The summed E-state index contributed by atoms with van der Waals surface area (Å²) in [5.74, 6) is 0.319. The fourth-order valence-electron chi connectivity index (χ4n) is 2.17. The summed E-state index contributed by atoms with van der Waals surface area (Å²) >= 11 is 11.6. The van der Waals surface area contributed by atoms with Crippen LogP contribution >= 0.6 is 23.2 Å². The second-order valence-electron chi connectivity index (χ2n) is 4.37. The zero-order valence-electron chi connectivity index (χ0n) is 10.9. The van der Waals surface area contributed by atoms with Gasteiger partial charge in [0.05, 0.1) is 0 Å². The molecular weight excluding hydrogens is 272 g/mol. The summed E-state index contributed by atoms with van der Waals surface area (Å²) in [6.07, 6.45) is 2.09. The smallest absolute Gasteiger partial charge is 0.129 e. The van der Waals surface area contributed by atoms with Gasteiger partial charge in [0, 0.05) is 35.6 Å². The Hall–Kier alpha value is -0.310. The molecule has 0 aliphatic rings. The summed E-state index contributed by atoms with van der Waals surface area (Å²) in [4.78, 5) is 2.24. The van der Waals surface area contributed by atoms with E-state index in [9.17, 15) is 4.39 Å². The first-order valence-electron chi connectivity index (χ1n) is 6.36. The van der Waals surface area contributed by atoms with Crippen LogP contribution in [0.1, 0.15) is 32.3 Å². The molecule has 0 fully saturated rings. The molecule has 0 atom stereocenters. The standard InChI is InChI=1S/C14H20Cl2FN/c1-3-13(4-2)18(8-7-15)10-11-5-6-12(16)9-14(11)17/h5-6,9,13H,3-4,7-8,10H2,1-2H3. The molecule has 0 heterocycles. The number of benzene rings is 1. The average Bonchev–Trinajstić information content (AvgIpc) is 2.34. The Bertz CT molecular complexity index is 367. The molecule has 0 aliphatic carbocycles. The summed E-state index contributed by atoms with van der Waals surface area (Å²) in [6.45, 7) is 5.65. The van der Waals surface area contributed by atoms with Crippen molar-refractivity contribution >= 4 is 23.2 Å². The first kappa shape index (κ1) is 15.7. The van der Waals surface area contributed by atoms with Crippen molar-refractivity contribution in [3.8, 4) is 0 Å². The lowest BCUT2D eigenvalue weighted by Gasteiger charge is -2.30. The minimum absolute atomic E-state index is 0.243. The normalized spacial score (nSPS) is 11.5. The predicted molar refractivity (Wildman–Crippen MR) is 76.9 cm³/mol. The van der Waals surface area contributed by atoms with E-state index in [0.29, 0.717) is 29.1 Å². The molecule has 1 nitrogen and oxygen atoms in total. The molecule has 0 saturated carbocycles. The molecule has 0 saturated heterocycles. The van der Waals surface area contributed by atoms with Gasteiger partial charge in [0.1, 0.15) is 5.82 Å². The number of rotatable bonds is 7. The Kier molecular flexibility index (Phi) is 6.98. The molecule has 0 unspecified atom stereocenters. The molecule has 0 spiro atoms. The molecular formula is C14H20Cl2FN. The van der Waals surface area contributed by atoms with E-state index in [1.165, 1.54) is 6.07 Å². The zero-order valence-corrected chi connectivity index (χ0v) is 12.4. The van der Waals surface area contributed by atoms with E-state index in [1.807, 2.05) is 0 Å². The second-order valence-corrected chi connectivity index (χ2v) is 5.18. The minimum Gasteiger partial charge on any atom is -0.295 e. The quantitative estimate of drug-likeness (QED) is 0.658. The maximum absolute atomic E-state index is 13.8. The molecule has 1 rings (SSSR count). The molecule has 0 aliphatic heterocycles. The number of hydrogen-bond donors (Lipinski definition) is 0. The lowest BCUT2D eigenvalue weighted by molar-refractivity contribution is 0.186. The second kappa shape index (κ2) is 7.98. The first-order chi connectivity index (χ1) is 8.62. The van der Waals surface area contributed by atoms with Crippen molar-refractivity contribution in [3.05, 3.63) is 34.6 Å². The number of alkyl halides is 1. The van der Waals surface area contributed by atoms with Crippen molar-refractivity contribution in [2.24, 2.45) is 0 Å². The van der Waals surface area contributed by atoms with E-state index in [4.69, 9.17) is 23.2 Å². The zero-order chi connectivity index (χ0) is 13.5. The van der Waals surface area contributed by atoms with Crippen LogP contribution < -0.4 is 0 Å². The molecule has 4 heteroatoms. The van der Waals surface area contributed by atoms with Gasteiger partial charge < -0.3 is 0 Å². The molecule has 0 radical (unpaired) electrons. The Balaban J connectivity index is 2.82. The molecule has 0 aromatic heterocycles. The van der Waals surface area contributed by atoms with Gasteiger partial charge in [-0.1, -0.05) is 31.5 Å². The SMILES string of the molecule is CCC(CC)N(CCCl)Cc1ccc(Cl)cc1F. The van der Waals surface area contributed by atoms with Crippen LogP contribution in [0, 0.1) is 5.82 Å². The lowest BCUT2D eigenvalue weighted by atomic mass is 10.1. The van der Waals surface area contributed by atoms with Crippen molar-refractivity contribution in [2.45, 2.75) is 39.3 Å². The van der Waals surface area contributed by atoms with Gasteiger partial charge in [-0.15, -0.1) is 11.6 Å². The van der Waals surface area contributed by atoms with Crippen LogP contribution in [0.3, 0.4) is 0 Å². The maximum Gasteiger partial charge on any atom is 0.129 e. The molecule has 0 bridgehead atoms. The average molecular weight is 292 g/mol. The predicted octanol–water partition coefficient (Wildman–Crippen LogP) is 4.71. The monoisotopic (exact) mass is 291 g/mol. The van der Waals surface area contributed by atoms with Crippen LogP contribution in [0.5, 0.6) is 0 Å². The third-order valence-corrected chi connectivity index (χ3v) is 3.62. The summed E-state index contributed by atoms with van der Waals surface area (Å²) in [7, 11) is 0. The van der Waals surface area contributed by atoms with Gasteiger partial charge in [-0.05, 0) is 25.0 Å². The van der Waals surface area contributed by atoms with E-state index < -0.39 is 0 Å². The van der Waals surface area contributed by atoms with Crippen molar-refractivity contribution < 1.29 is 4.39 Å². The highest BCUT2D eigenvalue weighted by atomic mass is 35.5. The molecule has 0 amide bonds. The highest BCUT2D eigenvalue weighted by Crippen LogP contribution is 2.19. The molecule has 0 N–H and O–H groups in total. The highest BCUT2D eigenvalue weighted by Gasteiger charge is 2.16. The van der Waals surface area contributed by atoms with E-state index in [-0.39, 0.29) is 5.82 Å². The Morgan fingerprint density at radius 1 is 1.28 bits per heavy atom. The Morgan fingerprint density at radius 3 is 2.44 bits per heavy atom. The topological polar surface area (TPSA) is 3.24 Å². The summed E-state index contributed by atoms with van der Waals surface area (Å²) in [5.41, 5.74) is 0.677. The number of hydrogen-bond acceptors (Lipinski definition) is 1. The summed E-state index contributed by atoms with van der Waals surface area (Å²) in [6, 6.07) is 5.29. The van der Waals surface area contributed by atoms with Crippen molar-refractivity contribution in [1.82, 2.24) is 4.90 Å². The fourth-order valence-corrected chi connectivity index (χ4v) is 2.55. The van der Waals surface area contributed by atoms with E-state index >= 15 is 0 Å². The third kappa shape index (κ3) is 4.42. The van der Waals surface area contributed by atoms with Gasteiger partial charge in [0.25, 0.3) is 0 Å². The van der Waals surface area contributed by atoms with Gasteiger partial charge in [-0.2, -0.15) is 0 Å². The molecule has 1 aromatic carbocycles. The molecule has 18 heavy (non-hydrogen) atoms.